The molecule has 0 saturated heterocycles. The van der Waals surface area contributed by atoms with Crippen LogP contribution >= 0.6 is 0 Å². The predicted octanol–water partition coefficient (Wildman–Crippen LogP) is 1.84. The van der Waals surface area contributed by atoms with Gasteiger partial charge in [-0.15, -0.1) is 0 Å². The maximum atomic E-state index is 5.40. The number of hydrogen-bond donors (Lipinski definition) is 2. The molecule has 0 saturated carbocycles. The van der Waals surface area contributed by atoms with Crippen molar-refractivity contribution < 1.29 is 14.2 Å². The molecule has 0 atom stereocenters. The molecular formula is C17H29N3O3. The number of nitrogens with one attached hydrogen (secondary N) is 2. The Morgan fingerprint density at radius 1 is 1.13 bits per heavy atom. The van der Waals surface area contributed by atoms with Gasteiger partial charge in [0.1, 0.15) is 11.5 Å². The van der Waals surface area contributed by atoms with E-state index < -0.39 is 0 Å². The number of methoxy groups -OCH3 is 3. The monoisotopic (exact) mass is 323 g/mol. The molecule has 0 aliphatic carbocycles. The van der Waals surface area contributed by atoms with Gasteiger partial charge >= 0.3 is 0 Å². The van der Waals surface area contributed by atoms with Gasteiger partial charge in [0.15, 0.2) is 5.96 Å². The van der Waals surface area contributed by atoms with E-state index in [1.807, 2.05) is 18.2 Å². The lowest BCUT2D eigenvalue weighted by Crippen LogP contribution is -2.38. The van der Waals surface area contributed by atoms with Gasteiger partial charge in [-0.2, -0.15) is 0 Å². The van der Waals surface area contributed by atoms with Crippen LogP contribution in [0.5, 0.6) is 11.5 Å². The van der Waals surface area contributed by atoms with Crippen molar-refractivity contribution in [1.29, 1.82) is 0 Å². The fourth-order valence-electron chi connectivity index (χ4n) is 2.13. The first-order chi connectivity index (χ1) is 11.2. The van der Waals surface area contributed by atoms with Crippen LogP contribution in [0.1, 0.15) is 18.9 Å². The standard InChI is InChI=1S/C17H29N3O3/c1-5-18-17(19-10-6-12-21-2)20-11-9-14-13-15(22-3)7-8-16(14)23-4/h7-8,13H,5-6,9-12H2,1-4H3,(H2,18,19,20). The molecule has 0 bridgehead atoms. The van der Waals surface area contributed by atoms with Crippen LogP contribution in [-0.4, -0.2) is 53.5 Å². The zero-order chi connectivity index (χ0) is 16.9. The average Bonchev–Trinajstić information content (AvgIpc) is 2.58. The lowest BCUT2D eigenvalue weighted by Gasteiger charge is -2.13. The number of hydrogen-bond acceptors (Lipinski definition) is 4. The summed E-state index contributed by atoms with van der Waals surface area (Å²) < 4.78 is 15.7. The number of nitrogens with zero attached hydrogens (tertiary/aromatic N) is 1. The highest BCUT2D eigenvalue weighted by Crippen LogP contribution is 2.24. The van der Waals surface area contributed by atoms with E-state index >= 15 is 0 Å². The molecular weight excluding hydrogens is 294 g/mol. The fourth-order valence-corrected chi connectivity index (χ4v) is 2.13. The van der Waals surface area contributed by atoms with Gasteiger partial charge in [-0.1, -0.05) is 0 Å². The maximum absolute atomic E-state index is 5.40. The van der Waals surface area contributed by atoms with Crippen LogP contribution in [0.15, 0.2) is 23.2 Å². The molecule has 0 heterocycles. The summed E-state index contributed by atoms with van der Waals surface area (Å²) in [6, 6.07) is 5.83. The number of rotatable bonds is 10. The van der Waals surface area contributed by atoms with Gasteiger partial charge in [0.2, 0.25) is 0 Å². The topological polar surface area (TPSA) is 64.1 Å². The number of guanidine groups is 1. The van der Waals surface area contributed by atoms with Crippen LogP contribution in [0.4, 0.5) is 0 Å². The van der Waals surface area contributed by atoms with Crippen LogP contribution in [-0.2, 0) is 11.2 Å². The van der Waals surface area contributed by atoms with E-state index in [9.17, 15) is 0 Å². The van der Waals surface area contributed by atoms with Gasteiger partial charge in [0.05, 0.1) is 14.2 Å². The summed E-state index contributed by atoms with van der Waals surface area (Å²) in [5.74, 6) is 2.53. The first-order valence-electron chi connectivity index (χ1n) is 7.97. The minimum atomic E-state index is 0.726. The van der Waals surface area contributed by atoms with Crippen LogP contribution in [0.25, 0.3) is 0 Å². The summed E-state index contributed by atoms with van der Waals surface area (Å²) in [6.07, 6.45) is 1.74. The zero-order valence-corrected chi connectivity index (χ0v) is 14.6. The van der Waals surface area contributed by atoms with Crippen LogP contribution in [0.3, 0.4) is 0 Å². The fraction of sp³-hybridized carbons (Fsp3) is 0.588. The molecule has 130 valence electrons. The molecule has 0 fully saturated rings. The van der Waals surface area contributed by atoms with Gasteiger partial charge in [-0.05, 0) is 43.5 Å². The van der Waals surface area contributed by atoms with Crippen molar-refractivity contribution in [2.45, 2.75) is 19.8 Å². The highest BCUT2D eigenvalue weighted by atomic mass is 16.5. The predicted molar refractivity (Wildman–Crippen MR) is 93.7 cm³/mol. The van der Waals surface area contributed by atoms with Gasteiger partial charge in [0, 0.05) is 33.4 Å². The molecule has 1 aromatic carbocycles. The summed E-state index contributed by atoms with van der Waals surface area (Å²) in [6.45, 7) is 5.12. The minimum absolute atomic E-state index is 0.726. The largest absolute Gasteiger partial charge is 0.497 e. The first-order valence-corrected chi connectivity index (χ1v) is 7.97. The maximum Gasteiger partial charge on any atom is 0.191 e. The summed E-state index contributed by atoms with van der Waals surface area (Å²) in [5, 5.41) is 6.58. The van der Waals surface area contributed by atoms with E-state index in [0.29, 0.717) is 0 Å². The number of aliphatic imine (C=N–C) groups is 1. The van der Waals surface area contributed by atoms with Crippen molar-refractivity contribution >= 4 is 5.96 Å². The molecule has 6 heteroatoms. The molecule has 1 aromatic rings. The second-order valence-electron chi connectivity index (χ2n) is 4.96. The Morgan fingerprint density at radius 2 is 1.96 bits per heavy atom. The molecule has 0 aromatic heterocycles. The molecule has 6 nitrogen and oxygen atoms in total. The summed E-state index contributed by atoms with van der Waals surface area (Å²) in [4.78, 5) is 4.52. The van der Waals surface area contributed by atoms with Crippen molar-refractivity contribution in [3.8, 4) is 11.5 Å². The van der Waals surface area contributed by atoms with Gasteiger partial charge in [-0.3, -0.25) is 4.99 Å². The zero-order valence-electron chi connectivity index (χ0n) is 14.6. The Morgan fingerprint density at radius 3 is 2.61 bits per heavy atom. The van der Waals surface area contributed by atoms with Gasteiger partial charge < -0.3 is 24.8 Å². The third kappa shape index (κ3) is 7.23. The molecule has 0 unspecified atom stereocenters. The van der Waals surface area contributed by atoms with Crippen LogP contribution < -0.4 is 20.1 Å². The summed E-state index contributed by atoms with van der Waals surface area (Å²) in [5.41, 5.74) is 1.11. The molecule has 0 amide bonds. The van der Waals surface area contributed by atoms with E-state index in [4.69, 9.17) is 14.2 Å². The second-order valence-corrected chi connectivity index (χ2v) is 4.96. The van der Waals surface area contributed by atoms with Crippen LogP contribution in [0.2, 0.25) is 0 Å². The van der Waals surface area contributed by atoms with Crippen molar-refractivity contribution in [3.05, 3.63) is 23.8 Å². The normalized spacial score (nSPS) is 11.2. The number of ether oxygens (including phenoxy) is 3. The van der Waals surface area contributed by atoms with Gasteiger partial charge in [-0.25, -0.2) is 0 Å². The van der Waals surface area contributed by atoms with E-state index in [2.05, 4.69) is 22.5 Å². The molecule has 0 aliphatic rings. The van der Waals surface area contributed by atoms with E-state index in [1.165, 1.54) is 0 Å². The Hall–Kier alpha value is -1.95. The van der Waals surface area contributed by atoms with Crippen molar-refractivity contribution in [2.24, 2.45) is 4.99 Å². The lowest BCUT2D eigenvalue weighted by molar-refractivity contribution is 0.197. The molecule has 2 N–H and O–H groups in total. The third-order valence-corrected chi connectivity index (χ3v) is 3.30. The highest BCUT2D eigenvalue weighted by Gasteiger charge is 2.05. The Bertz CT molecular complexity index is 478. The van der Waals surface area contributed by atoms with E-state index in [1.54, 1.807) is 21.3 Å². The van der Waals surface area contributed by atoms with Crippen molar-refractivity contribution in [1.82, 2.24) is 10.6 Å². The quantitative estimate of drug-likeness (QED) is 0.391. The smallest absolute Gasteiger partial charge is 0.191 e. The summed E-state index contributed by atoms with van der Waals surface area (Å²) in [7, 11) is 5.05. The van der Waals surface area contributed by atoms with Crippen LogP contribution in [0, 0.1) is 0 Å². The third-order valence-electron chi connectivity index (χ3n) is 3.30. The van der Waals surface area contributed by atoms with Crippen molar-refractivity contribution in [2.75, 3.05) is 47.6 Å². The average molecular weight is 323 g/mol. The highest BCUT2D eigenvalue weighted by molar-refractivity contribution is 5.79. The van der Waals surface area contributed by atoms with E-state index in [-0.39, 0.29) is 0 Å². The molecule has 0 aliphatic heterocycles. The Balaban J connectivity index is 2.55. The molecule has 0 radical (unpaired) electrons. The van der Waals surface area contributed by atoms with E-state index in [0.717, 1.165) is 62.1 Å². The minimum Gasteiger partial charge on any atom is -0.497 e. The Labute approximate surface area is 139 Å². The lowest BCUT2D eigenvalue weighted by atomic mass is 10.1. The Kier molecular flexibility index (Phi) is 9.63. The molecule has 0 spiro atoms. The van der Waals surface area contributed by atoms with Gasteiger partial charge in [0.25, 0.3) is 0 Å². The molecule has 23 heavy (non-hydrogen) atoms. The summed E-state index contributed by atoms with van der Waals surface area (Å²) >= 11 is 0. The number of benzene rings is 1. The van der Waals surface area contributed by atoms with Crippen molar-refractivity contribution in [3.63, 3.8) is 0 Å². The second kappa shape index (κ2) is 11.6. The first kappa shape index (κ1) is 19.1. The SMILES string of the molecule is CCNC(=NCCCOC)NCCc1cc(OC)ccc1OC. The molecule has 1 rings (SSSR count).